The first-order chi connectivity index (χ1) is 51.1. The Morgan fingerprint density at radius 1 is 0.375 bits per heavy atom. The minimum atomic E-state index is 0.0660. The zero-order valence-corrected chi connectivity index (χ0v) is 58.3. The van der Waals surface area contributed by atoms with Crippen molar-refractivity contribution in [2.24, 2.45) is 0 Å². The fourth-order valence-electron chi connectivity index (χ4n) is 15.2. The fraction of sp³-hybridized carbons (Fsp3) is 0.316. The van der Waals surface area contributed by atoms with Gasteiger partial charge in [0.25, 0.3) is 17.7 Å². The Labute approximate surface area is 602 Å². The standard InChI is InChI=1S/C28H32N8O.C26H27N7O.C25H25N7O/c37-27(36-17-15-35(16-18-36)14-13-34-11-3-4-12-34)26-20-21-19-22(6-7-23(21)32-26)31-28-30-10-8-25(33-28)24-5-1-2-9-29-24;34-25(33-14-9-20(17-33)32-12-3-4-13-32)24-16-18-15-19(6-7-21(18)30-24)29-26-28-11-8-23(31-26)22-5-1-2-10-27-22;1-31-18-6-7-19(31)15-32(14-18)24(33)23-13-16-12-17(5-8-20(16)29-23)28-25-27-11-9-22(30-25)21-4-2-3-10-26-21/h1-2,5-10,19-20,32H,3-4,11-18H2,(H,30,31,33);1-2,5-8,10-11,15-16,20,30H,3-4,9,12-14,17H2,(H,28,29,31);2-5,8-13,18-19,29H,6-7,14-15H2,1H3,(H,27,28,30)/t;;18-,19+. The molecule has 2 bridgehead atoms. The number of anilines is 6. The third-order valence-electron chi connectivity index (χ3n) is 20.9. The number of nitrogens with zero attached hydrogens (tertiary/aromatic N) is 16. The number of amides is 3. The third-order valence-corrected chi connectivity index (χ3v) is 20.9. The third kappa shape index (κ3) is 15.5. The highest BCUT2D eigenvalue weighted by molar-refractivity contribution is 6.01. The molecule has 0 radical (unpaired) electrons. The van der Waals surface area contributed by atoms with Gasteiger partial charge in [0.2, 0.25) is 17.8 Å². The van der Waals surface area contributed by atoms with Crippen LogP contribution in [-0.2, 0) is 0 Å². The first kappa shape index (κ1) is 67.1. The van der Waals surface area contributed by atoms with Crippen molar-refractivity contribution in [2.75, 3.05) is 115 Å². The molecule has 6 saturated heterocycles. The Hall–Kier alpha value is -11.4. The summed E-state index contributed by atoms with van der Waals surface area (Å²) >= 11 is 0. The Bertz CT molecular complexity index is 4960. The van der Waals surface area contributed by atoms with Gasteiger partial charge in [0.1, 0.15) is 17.1 Å². The second kappa shape index (κ2) is 30.7. The maximum absolute atomic E-state index is 13.2. The molecular weight excluding hydrogens is 1310 g/mol. The minimum absolute atomic E-state index is 0.0660. The number of hydrogen-bond donors (Lipinski definition) is 6. The molecule has 3 atom stereocenters. The molecule has 0 saturated carbocycles. The predicted molar refractivity (Wildman–Crippen MR) is 404 cm³/mol. The molecule has 6 aliphatic rings. The van der Waals surface area contributed by atoms with E-state index in [1.54, 1.807) is 37.2 Å². The molecule has 3 aromatic carbocycles. The second-order valence-corrected chi connectivity index (χ2v) is 27.7. The Kier molecular flexibility index (Phi) is 19.8. The zero-order valence-electron chi connectivity index (χ0n) is 58.3. The number of H-pyrrole nitrogens is 3. The lowest BCUT2D eigenvalue weighted by Crippen LogP contribution is -2.53. The zero-order chi connectivity index (χ0) is 70.3. The highest BCUT2D eigenvalue weighted by Crippen LogP contribution is 2.32. The van der Waals surface area contributed by atoms with Gasteiger partial charge < -0.3 is 50.5 Å². The number of fused-ring (bicyclic) bond motifs is 5. The van der Waals surface area contributed by atoms with Gasteiger partial charge in [-0.05, 0) is 206 Å². The highest BCUT2D eigenvalue weighted by Gasteiger charge is 2.40. The Morgan fingerprint density at radius 3 is 1.19 bits per heavy atom. The summed E-state index contributed by atoms with van der Waals surface area (Å²) in [6.45, 7) is 13.7. The number of pyridine rings is 3. The highest BCUT2D eigenvalue weighted by atomic mass is 16.2. The lowest BCUT2D eigenvalue weighted by molar-refractivity contribution is 0.0519. The van der Waals surface area contributed by atoms with Gasteiger partial charge in [-0.3, -0.25) is 44.0 Å². The summed E-state index contributed by atoms with van der Waals surface area (Å²) < 4.78 is 0. The Balaban J connectivity index is 0.000000120. The number of likely N-dealkylation sites (N-methyl/N-ethyl adjacent to an activating group) is 1. The Morgan fingerprint density at radius 2 is 0.769 bits per heavy atom. The molecule has 104 heavy (non-hydrogen) atoms. The first-order valence-electron chi connectivity index (χ1n) is 36.3. The molecule has 18 rings (SSSR count). The van der Waals surface area contributed by atoms with Crippen molar-refractivity contribution in [3.05, 3.63) is 200 Å². The minimum Gasteiger partial charge on any atom is -0.351 e. The molecule has 528 valence electrons. The molecule has 15 heterocycles. The smallest absolute Gasteiger partial charge is 0.270 e. The number of carbonyl (C=O) groups excluding carboxylic acids is 3. The van der Waals surface area contributed by atoms with Crippen LogP contribution in [0.1, 0.15) is 76.4 Å². The van der Waals surface area contributed by atoms with Crippen molar-refractivity contribution < 1.29 is 14.4 Å². The maximum atomic E-state index is 13.2. The van der Waals surface area contributed by atoms with E-state index in [0.29, 0.717) is 53.1 Å². The summed E-state index contributed by atoms with van der Waals surface area (Å²) in [6, 6.07) is 47.9. The number of benzene rings is 3. The molecular formula is C79H84N22O3. The van der Waals surface area contributed by atoms with E-state index in [2.05, 4.69) is 102 Å². The van der Waals surface area contributed by atoms with Crippen LogP contribution in [-0.4, -0.2) is 229 Å². The summed E-state index contributed by atoms with van der Waals surface area (Å²) in [7, 11) is 2.18. The average molecular weight is 1390 g/mol. The van der Waals surface area contributed by atoms with E-state index in [1.165, 1.54) is 64.7 Å². The molecule has 0 aliphatic carbocycles. The van der Waals surface area contributed by atoms with Gasteiger partial charge in [-0.2, -0.15) is 0 Å². The van der Waals surface area contributed by atoms with Gasteiger partial charge in [0.05, 0.1) is 34.2 Å². The van der Waals surface area contributed by atoms with E-state index in [1.807, 2.05) is 160 Å². The molecule has 25 nitrogen and oxygen atoms in total. The number of hydrogen-bond acceptors (Lipinski definition) is 19. The van der Waals surface area contributed by atoms with E-state index in [4.69, 9.17) is 0 Å². The van der Waals surface area contributed by atoms with Crippen molar-refractivity contribution in [2.45, 2.75) is 63.1 Å². The van der Waals surface area contributed by atoms with Crippen LogP contribution in [0.2, 0.25) is 0 Å². The summed E-state index contributed by atoms with van der Waals surface area (Å²) in [6.07, 6.45) is 19.0. The van der Waals surface area contributed by atoms with Gasteiger partial charge in [-0.25, -0.2) is 29.9 Å². The topological polar surface area (TPSA) is 273 Å². The van der Waals surface area contributed by atoms with Crippen molar-refractivity contribution in [3.63, 3.8) is 0 Å². The van der Waals surface area contributed by atoms with Crippen LogP contribution in [0.3, 0.4) is 0 Å². The van der Waals surface area contributed by atoms with Crippen LogP contribution in [0, 0.1) is 0 Å². The van der Waals surface area contributed by atoms with E-state index in [9.17, 15) is 14.4 Å². The van der Waals surface area contributed by atoms with Gasteiger partial charge in [-0.15, -0.1) is 0 Å². The second-order valence-electron chi connectivity index (χ2n) is 27.7. The van der Waals surface area contributed by atoms with Crippen LogP contribution in [0.5, 0.6) is 0 Å². The maximum Gasteiger partial charge on any atom is 0.270 e. The van der Waals surface area contributed by atoms with Gasteiger partial charge >= 0.3 is 0 Å². The summed E-state index contributed by atoms with van der Waals surface area (Å²) in [5, 5.41) is 12.7. The lowest BCUT2D eigenvalue weighted by Gasteiger charge is -2.38. The molecule has 6 aliphatic heterocycles. The molecule has 1 unspecified atom stereocenters. The normalized spacial score (nSPS) is 18.5. The number of aromatic amines is 3. The van der Waals surface area contributed by atoms with E-state index >= 15 is 0 Å². The number of nitrogens with one attached hydrogen (secondary N) is 6. The van der Waals surface area contributed by atoms with E-state index < -0.39 is 0 Å². The number of likely N-dealkylation sites (tertiary alicyclic amines) is 4. The fourth-order valence-corrected chi connectivity index (χ4v) is 15.2. The van der Waals surface area contributed by atoms with Crippen LogP contribution < -0.4 is 16.0 Å². The number of carbonyl (C=O) groups is 3. The molecule has 6 fully saturated rings. The van der Waals surface area contributed by atoms with Gasteiger partial charge in [0.15, 0.2) is 0 Å². The van der Waals surface area contributed by atoms with Crippen LogP contribution in [0.4, 0.5) is 34.9 Å². The molecule has 0 spiro atoms. The SMILES string of the molecule is CN1[C@@H]2CC[C@H]1CN(C(=O)c1cc3cc(Nc4nccc(-c5ccccn5)n4)ccc3[nH]1)C2.O=C(c1cc2cc(Nc3nccc(-c4ccccn4)n3)ccc2[nH]1)N1CCC(N2CCCC2)C1.O=C(c1cc2cc(Nc3nccc(-c4ccccn4)n3)ccc2[nH]1)N1CCN(CCN2CCCC2)CC1. The van der Waals surface area contributed by atoms with Gasteiger partial charge in [-0.1, -0.05) is 18.2 Å². The quantitative estimate of drug-likeness (QED) is 0.0524. The van der Waals surface area contributed by atoms with Crippen molar-refractivity contribution in [1.82, 2.24) is 94.1 Å². The van der Waals surface area contributed by atoms with E-state index in [0.717, 1.165) is 156 Å². The molecule has 6 N–H and O–H groups in total. The summed E-state index contributed by atoms with van der Waals surface area (Å²) in [4.78, 5) is 105. The largest absolute Gasteiger partial charge is 0.351 e. The molecule has 9 aromatic heterocycles. The summed E-state index contributed by atoms with van der Waals surface area (Å²) in [5.41, 5.74) is 11.9. The van der Waals surface area contributed by atoms with Crippen LogP contribution in [0.25, 0.3) is 66.9 Å². The van der Waals surface area contributed by atoms with Crippen LogP contribution in [0.15, 0.2) is 183 Å². The summed E-state index contributed by atoms with van der Waals surface area (Å²) in [5.74, 6) is 1.72. The molecule has 3 amide bonds. The molecule has 12 aromatic rings. The van der Waals surface area contributed by atoms with Crippen LogP contribution >= 0.6 is 0 Å². The number of aromatic nitrogens is 12. The average Bonchev–Trinajstić information content (AvgIpc) is 1.64. The van der Waals surface area contributed by atoms with Crippen molar-refractivity contribution in [3.8, 4) is 34.2 Å². The van der Waals surface area contributed by atoms with Crippen molar-refractivity contribution >= 4 is 85.3 Å². The van der Waals surface area contributed by atoms with Gasteiger partial charge in [0, 0.05) is 171 Å². The molecule has 25 heteroatoms. The van der Waals surface area contributed by atoms with Crippen molar-refractivity contribution in [1.29, 1.82) is 0 Å². The first-order valence-corrected chi connectivity index (χ1v) is 36.3. The number of piperazine rings is 2. The predicted octanol–water partition coefficient (Wildman–Crippen LogP) is 11.4. The lowest BCUT2D eigenvalue weighted by atomic mass is 10.2. The monoisotopic (exact) mass is 1390 g/mol. The van der Waals surface area contributed by atoms with E-state index in [-0.39, 0.29) is 17.7 Å². The number of rotatable bonds is 16.